The van der Waals surface area contributed by atoms with E-state index in [1.807, 2.05) is 42.5 Å². The first kappa shape index (κ1) is 17.3. The average molecular weight is 363 g/mol. The summed E-state index contributed by atoms with van der Waals surface area (Å²) in [7, 11) is 0. The molecule has 0 bridgehead atoms. The minimum absolute atomic E-state index is 0.121. The number of oxazole rings is 1. The summed E-state index contributed by atoms with van der Waals surface area (Å²) in [4.78, 5) is 19.1. The third kappa shape index (κ3) is 4.17. The van der Waals surface area contributed by atoms with E-state index in [0.29, 0.717) is 0 Å². The Balaban J connectivity index is 1.39. The van der Waals surface area contributed by atoms with Crippen LogP contribution in [0.1, 0.15) is 27.7 Å². The minimum Gasteiger partial charge on any atom is -0.508 e. The molecule has 27 heavy (non-hydrogen) atoms. The minimum atomic E-state index is -0.324. The fourth-order valence-electron chi connectivity index (χ4n) is 3.23. The fraction of sp³-hybridized carbons (Fsp3) is 0.238. The number of fused-ring (bicyclic) bond motifs is 1. The molecule has 1 amide bonds. The molecule has 2 N–H and O–H groups in total. The number of rotatable bonds is 4. The van der Waals surface area contributed by atoms with E-state index in [9.17, 15) is 9.90 Å². The highest BCUT2D eigenvalue weighted by Gasteiger charge is 2.22. The van der Waals surface area contributed by atoms with Gasteiger partial charge in [0.15, 0.2) is 0 Å². The number of aromatic hydroxyl groups is 1. The van der Waals surface area contributed by atoms with Gasteiger partial charge in [-0.05, 0) is 29.8 Å². The molecule has 0 fully saturated rings. The van der Waals surface area contributed by atoms with Gasteiger partial charge in [0.2, 0.25) is 0 Å². The lowest BCUT2D eigenvalue weighted by Gasteiger charge is -2.19. The van der Waals surface area contributed by atoms with Gasteiger partial charge in [-0.15, -0.1) is 0 Å². The van der Waals surface area contributed by atoms with Crippen LogP contribution in [0.4, 0.5) is 5.69 Å². The quantitative estimate of drug-likeness (QED) is 0.744. The second-order valence-corrected chi connectivity index (χ2v) is 6.65. The van der Waals surface area contributed by atoms with Crippen LogP contribution in [0.5, 0.6) is 5.75 Å². The normalized spacial score (nSPS) is 14.4. The second kappa shape index (κ2) is 7.63. The van der Waals surface area contributed by atoms with Crippen LogP contribution in [-0.4, -0.2) is 34.0 Å². The third-order valence-corrected chi connectivity index (χ3v) is 4.67. The molecule has 3 aromatic rings. The number of carbonyl (C=O) groups excluding carboxylic acids is 1. The monoisotopic (exact) mass is 363 g/mol. The van der Waals surface area contributed by atoms with Crippen molar-refractivity contribution >= 4 is 11.6 Å². The molecule has 2 heterocycles. The van der Waals surface area contributed by atoms with Crippen molar-refractivity contribution in [3.63, 3.8) is 0 Å². The summed E-state index contributed by atoms with van der Waals surface area (Å²) >= 11 is 0. The number of hydrogen-bond acceptors (Lipinski definition) is 5. The number of aromatic nitrogens is 1. The van der Waals surface area contributed by atoms with Crippen LogP contribution >= 0.6 is 0 Å². The van der Waals surface area contributed by atoms with E-state index in [1.165, 1.54) is 0 Å². The third-order valence-electron chi connectivity index (χ3n) is 4.67. The van der Waals surface area contributed by atoms with E-state index in [2.05, 4.69) is 15.2 Å². The van der Waals surface area contributed by atoms with Gasteiger partial charge >= 0.3 is 5.91 Å². The van der Waals surface area contributed by atoms with Crippen molar-refractivity contribution in [2.75, 3.05) is 18.4 Å². The average Bonchev–Trinajstić information content (AvgIpc) is 3.01. The molecule has 0 spiro atoms. The number of anilines is 1. The van der Waals surface area contributed by atoms with Crippen molar-refractivity contribution < 1.29 is 14.3 Å². The van der Waals surface area contributed by atoms with E-state index < -0.39 is 0 Å². The molecule has 0 radical (unpaired) electrons. The molecule has 0 aliphatic carbocycles. The number of nitrogens with zero attached hydrogens (tertiary/aromatic N) is 2. The Morgan fingerprint density at radius 1 is 1.07 bits per heavy atom. The summed E-state index contributed by atoms with van der Waals surface area (Å²) in [6.45, 7) is 2.49. The first-order valence-electron chi connectivity index (χ1n) is 9.02. The maximum atomic E-state index is 12.4. The van der Waals surface area contributed by atoms with Crippen molar-refractivity contribution in [2.24, 2.45) is 0 Å². The van der Waals surface area contributed by atoms with Gasteiger partial charge < -0.3 is 14.8 Å². The molecule has 0 saturated heterocycles. The fourth-order valence-corrected chi connectivity index (χ4v) is 3.23. The predicted molar refractivity (Wildman–Crippen MR) is 102 cm³/mol. The van der Waals surface area contributed by atoms with Gasteiger partial charge in [0.25, 0.3) is 5.89 Å². The van der Waals surface area contributed by atoms with Crippen LogP contribution in [0.25, 0.3) is 0 Å². The van der Waals surface area contributed by atoms with Crippen LogP contribution < -0.4 is 5.32 Å². The summed E-state index contributed by atoms with van der Waals surface area (Å²) in [5, 5.41) is 12.2. The first-order chi connectivity index (χ1) is 13.2. The van der Waals surface area contributed by atoms with E-state index in [4.69, 9.17) is 4.42 Å². The number of phenolic OH excluding ortho intramolecular Hbond substituents is 1. The van der Waals surface area contributed by atoms with E-state index >= 15 is 0 Å². The molecular formula is C21H21N3O3. The zero-order chi connectivity index (χ0) is 18.6. The Morgan fingerprint density at radius 3 is 2.59 bits per heavy atom. The molecule has 6 nitrogen and oxygen atoms in total. The summed E-state index contributed by atoms with van der Waals surface area (Å²) < 4.78 is 5.75. The van der Waals surface area contributed by atoms with Gasteiger partial charge in [0.05, 0.1) is 5.69 Å². The predicted octanol–water partition coefficient (Wildman–Crippen LogP) is 3.23. The van der Waals surface area contributed by atoms with Crippen molar-refractivity contribution in [3.05, 3.63) is 77.5 Å². The first-order valence-corrected chi connectivity index (χ1v) is 9.02. The second-order valence-electron chi connectivity index (χ2n) is 6.65. The smallest absolute Gasteiger partial charge is 0.311 e. The van der Waals surface area contributed by atoms with Crippen molar-refractivity contribution in [1.29, 1.82) is 0 Å². The molecule has 1 aromatic heterocycles. The highest BCUT2D eigenvalue weighted by molar-refractivity contribution is 6.00. The molecule has 4 rings (SSSR count). The highest BCUT2D eigenvalue weighted by atomic mass is 16.4. The maximum absolute atomic E-state index is 12.4. The van der Waals surface area contributed by atoms with Crippen molar-refractivity contribution in [1.82, 2.24) is 9.88 Å². The lowest BCUT2D eigenvalue weighted by Crippen LogP contribution is -2.26. The Labute approximate surface area is 157 Å². The number of phenols is 1. The van der Waals surface area contributed by atoms with E-state index in [1.54, 1.807) is 12.1 Å². The van der Waals surface area contributed by atoms with Crippen molar-refractivity contribution in [2.45, 2.75) is 19.4 Å². The van der Waals surface area contributed by atoms with Crippen LogP contribution in [0.15, 0.2) is 59.0 Å². The highest BCUT2D eigenvalue weighted by Crippen LogP contribution is 2.20. The number of amides is 1. The summed E-state index contributed by atoms with van der Waals surface area (Å²) in [5.41, 5.74) is 2.74. The lowest BCUT2D eigenvalue weighted by atomic mass is 10.2. The summed E-state index contributed by atoms with van der Waals surface area (Å²) in [6.07, 6.45) is 1.47. The van der Waals surface area contributed by atoms with Crippen LogP contribution in [0.2, 0.25) is 0 Å². The number of nitrogens with one attached hydrogen (secondary N) is 1. The van der Waals surface area contributed by atoms with Gasteiger partial charge in [-0.1, -0.05) is 30.3 Å². The SMILES string of the molecule is O=C(Nc1ccccc1)c1nc2c(o1)CCN(Cc1ccc(O)cc1)CC2. The summed E-state index contributed by atoms with van der Waals surface area (Å²) in [6, 6.07) is 16.6. The lowest BCUT2D eigenvalue weighted by molar-refractivity contribution is 0.0988. The van der Waals surface area contributed by atoms with Gasteiger partial charge in [-0.3, -0.25) is 9.69 Å². The molecule has 1 aliphatic heterocycles. The Hall–Kier alpha value is -3.12. The Morgan fingerprint density at radius 2 is 1.81 bits per heavy atom. The number of benzene rings is 2. The van der Waals surface area contributed by atoms with Crippen LogP contribution in [0, 0.1) is 0 Å². The molecule has 0 saturated carbocycles. The molecule has 138 valence electrons. The molecule has 0 atom stereocenters. The van der Waals surface area contributed by atoms with Gasteiger partial charge in [0.1, 0.15) is 11.5 Å². The zero-order valence-electron chi connectivity index (χ0n) is 14.9. The number of para-hydroxylation sites is 1. The largest absolute Gasteiger partial charge is 0.508 e. The maximum Gasteiger partial charge on any atom is 0.311 e. The molecule has 2 aromatic carbocycles. The molecular weight excluding hydrogens is 342 g/mol. The standard InChI is InChI=1S/C21H21N3O3/c25-17-8-6-15(7-9-17)14-24-12-10-18-19(11-13-24)27-21(23-18)20(26)22-16-4-2-1-3-5-16/h1-9,25H,10-14H2,(H,22,26). The zero-order valence-corrected chi connectivity index (χ0v) is 14.9. The van der Waals surface area contributed by atoms with Crippen molar-refractivity contribution in [3.8, 4) is 5.75 Å². The number of carbonyl (C=O) groups is 1. The van der Waals surface area contributed by atoms with Gasteiger partial charge in [0, 0.05) is 38.2 Å². The Bertz CT molecular complexity index is 894. The van der Waals surface area contributed by atoms with Crippen LogP contribution in [0.3, 0.4) is 0 Å². The van der Waals surface area contributed by atoms with Gasteiger partial charge in [-0.2, -0.15) is 0 Å². The summed E-state index contributed by atoms with van der Waals surface area (Å²) in [5.74, 6) is 0.867. The van der Waals surface area contributed by atoms with E-state index in [-0.39, 0.29) is 17.5 Å². The topological polar surface area (TPSA) is 78.6 Å². The van der Waals surface area contributed by atoms with E-state index in [0.717, 1.165) is 55.2 Å². The van der Waals surface area contributed by atoms with Gasteiger partial charge in [-0.25, -0.2) is 4.98 Å². The molecule has 1 aliphatic rings. The Kier molecular flexibility index (Phi) is 4.89. The molecule has 6 heteroatoms. The molecule has 0 unspecified atom stereocenters. The number of hydrogen-bond donors (Lipinski definition) is 2. The van der Waals surface area contributed by atoms with Crippen LogP contribution in [-0.2, 0) is 19.4 Å².